The van der Waals surface area contributed by atoms with Crippen molar-refractivity contribution in [2.45, 2.75) is 51.6 Å². The molecule has 0 saturated heterocycles. The molecule has 0 radical (unpaired) electrons. The molecule has 1 aromatic heterocycles. The molecule has 0 aliphatic heterocycles. The highest BCUT2D eigenvalue weighted by molar-refractivity contribution is 5.95. The molecule has 1 amide bonds. The average molecular weight is 419 g/mol. The normalized spacial score (nSPS) is 13.6. The fourth-order valence-corrected chi connectivity index (χ4v) is 3.86. The van der Waals surface area contributed by atoms with E-state index in [-0.39, 0.29) is 17.9 Å². The van der Waals surface area contributed by atoms with Gasteiger partial charge in [-0.1, -0.05) is 18.2 Å². The fourth-order valence-electron chi connectivity index (χ4n) is 3.86. The first-order valence-electron chi connectivity index (χ1n) is 10.6. The Bertz CT molecular complexity index is 1180. The maximum absolute atomic E-state index is 12.4. The number of nitrogens with one attached hydrogen (secondary N) is 2. The monoisotopic (exact) mass is 419 g/mol. The number of amides is 1. The molecule has 7 heteroatoms. The van der Waals surface area contributed by atoms with Crippen molar-refractivity contribution >= 4 is 28.5 Å². The molecule has 0 bridgehead atoms. The van der Waals surface area contributed by atoms with Gasteiger partial charge >= 0.3 is 5.97 Å². The topological polar surface area (TPSA) is 101 Å². The number of benzene rings is 2. The quantitative estimate of drug-likeness (QED) is 0.572. The van der Waals surface area contributed by atoms with Gasteiger partial charge in [0, 0.05) is 18.5 Å². The SMILES string of the molecule is C[C@@H](OC(=O)CCCc1nc2ccccc2c(=O)[nH]1)C(=O)Nc1ccc2c(c1)CCC2. The Hall–Kier alpha value is -3.48. The van der Waals surface area contributed by atoms with Gasteiger partial charge in [0.25, 0.3) is 11.5 Å². The summed E-state index contributed by atoms with van der Waals surface area (Å²) >= 11 is 0. The second kappa shape index (κ2) is 9.12. The minimum Gasteiger partial charge on any atom is -0.453 e. The molecule has 1 aliphatic carbocycles. The van der Waals surface area contributed by atoms with Crippen LogP contribution >= 0.6 is 0 Å². The van der Waals surface area contributed by atoms with Crippen LogP contribution in [0.15, 0.2) is 47.3 Å². The highest BCUT2D eigenvalue weighted by Crippen LogP contribution is 2.25. The lowest BCUT2D eigenvalue weighted by Crippen LogP contribution is -2.30. The summed E-state index contributed by atoms with van der Waals surface area (Å²) < 4.78 is 5.27. The van der Waals surface area contributed by atoms with E-state index in [4.69, 9.17) is 4.74 Å². The van der Waals surface area contributed by atoms with Gasteiger partial charge in [-0.3, -0.25) is 14.4 Å². The average Bonchev–Trinajstić information content (AvgIpc) is 3.21. The maximum Gasteiger partial charge on any atom is 0.306 e. The minimum absolute atomic E-state index is 0.132. The van der Waals surface area contributed by atoms with E-state index in [0.717, 1.165) is 24.9 Å². The molecule has 160 valence electrons. The second-order valence-electron chi connectivity index (χ2n) is 7.84. The first kappa shape index (κ1) is 20.8. The van der Waals surface area contributed by atoms with Crippen molar-refractivity contribution in [2.75, 3.05) is 5.32 Å². The Balaban J connectivity index is 1.25. The fraction of sp³-hybridized carbons (Fsp3) is 0.333. The maximum atomic E-state index is 12.4. The van der Waals surface area contributed by atoms with Crippen molar-refractivity contribution in [3.63, 3.8) is 0 Å². The Kier molecular flexibility index (Phi) is 6.11. The largest absolute Gasteiger partial charge is 0.453 e. The summed E-state index contributed by atoms with van der Waals surface area (Å²) in [6.07, 6.45) is 3.39. The van der Waals surface area contributed by atoms with Crippen molar-refractivity contribution in [3.05, 3.63) is 69.8 Å². The van der Waals surface area contributed by atoms with Crippen LogP contribution in [-0.4, -0.2) is 27.9 Å². The number of ether oxygens (including phenoxy) is 1. The smallest absolute Gasteiger partial charge is 0.306 e. The van der Waals surface area contributed by atoms with Crippen molar-refractivity contribution in [2.24, 2.45) is 0 Å². The molecule has 0 unspecified atom stereocenters. The molecule has 2 aromatic carbocycles. The highest BCUT2D eigenvalue weighted by atomic mass is 16.5. The molecule has 1 heterocycles. The number of carbonyl (C=O) groups excluding carboxylic acids is 2. The summed E-state index contributed by atoms with van der Waals surface area (Å²) in [4.78, 5) is 43.8. The summed E-state index contributed by atoms with van der Waals surface area (Å²) in [7, 11) is 0. The number of aryl methyl sites for hydroxylation is 3. The molecule has 0 spiro atoms. The van der Waals surface area contributed by atoms with Crippen LogP contribution in [0.25, 0.3) is 10.9 Å². The summed E-state index contributed by atoms with van der Waals surface area (Å²) in [6.45, 7) is 1.56. The van der Waals surface area contributed by atoms with E-state index < -0.39 is 12.1 Å². The Morgan fingerprint density at radius 3 is 2.84 bits per heavy atom. The van der Waals surface area contributed by atoms with E-state index >= 15 is 0 Å². The number of nitrogens with zero attached hydrogens (tertiary/aromatic N) is 1. The molecule has 1 atom stereocenters. The van der Waals surface area contributed by atoms with E-state index in [2.05, 4.69) is 15.3 Å². The minimum atomic E-state index is -0.889. The molecule has 0 fully saturated rings. The van der Waals surface area contributed by atoms with E-state index in [1.807, 2.05) is 24.3 Å². The number of esters is 1. The Morgan fingerprint density at radius 2 is 1.97 bits per heavy atom. The van der Waals surface area contributed by atoms with Crippen molar-refractivity contribution in [3.8, 4) is 0 Å². The third-order valence-electron chi connectivity index (χ3n) is 5.50. The number of aromatic amines is 1. The standard InChI is InChI=1S/C24H25N3O4/c1-15(23(29)25-18-13-12-16-6-4-7-17(16)14-18)31-22(28)11-5-10-21-26-20-9-3-2-8-19(20)24(30)27-21/h2-3,8-9,12-15H,4-7,10-11H2,1H3,(H,25,29)(H,26,27,30)/t15-/m1/s1. The van der Waals surface area contributed by atoms with Gasteiger partial charge in [0.2, 0.25) is 0 Å². The van der Waals surface area contributed by atoms with Crippen molar-refractivity contribution in [1.29, 1.82) is 0 Å². The molecular formula is C24H25N3O4. The van der Waals surface area contributed by atoms with E-state index in [1.54, 1.807) is 25.1 Å². The molecule has 3 aromatic rings. The van der Waals surface area contributed by atoms with Crippen LogP contribution in [0.5, 0.6) is 0 Å². The molecular weight excluding hydrogens is 394 g/mol. The molecule has 31 heavy (non-hydrogen) atoms. The van der Waals surface area contributed by atoms with Crippen molar-refractivity contribution < 1.29 is 14.3 Å². The predicted octanol–water partition coefficient (Wildman–Crippen LogP) is 3.30. The van der Waals surface area contributed by atoms with E-state index in [9.17, 15) is 14.4 Å². The van der Waals surface area contributed by atoms with Gasteiger partial charge in [-0.25, -0.2) is 4.98 Å². The third-order valence-corrected chi connectivity index (χ3v) is 5.50. The zero-order chi connectivity index (χ0) is 21.8. The number of rotatable bonds is 7. The second-order valence-corrected chi connectivity index (χ2v) is 7.84. The third kappa shape index (κ3) is 4.99. The van der Waals surface area contributed by atoms with Crippen LogP contribution in [0.1, 0.15) is 43.1 Å². The number of carbonyl (C=O) groups is 2. The van der Waals surface area contributed by atoms with Gasteiger partial charge in [-0.05, 0) is 68.0 Å². The lowest BCUT2D eigenvalue weighted by molar-refractivity contribution is -0.153. The van der Waals surface area contributed by atoms with E-state index in [0.29, 0.717) is 29.6 Å². The summed E-state index contributed by atoms with van der Waals surface area (Å²) in [5.74, 6) is -0.287. The zero-order valence-corrected chi connectivity index (χ0v) is 17.4. The molecule has 0 saturated carbocycles. The molecule has 1 aliphatic rings. The molecule has 2 N–H and O–H groups in total. The van der Waals surface area contributed by atoms with Crippen LogP contribution in [0, 0.1) is 0 Å². The van der Waals surface area contributed by atoms with Gasteiger partial charge < -0.3 is 15.0 Å². The van der Waals surface area contributed by atoms with Crippen LogP contribution < -0.4 is 10.9 Å². The van der Waals surface area contributed by atoms with Crippen molar-refractivity contribution in [1.82, 2.24) is 9.97 Å². The molecule has 7 nitrogen and oxygen atoms in total. The van der Waals surface area contributed by atoms with E-state index in [1.165, 1.54) is 11.1 Å². The number of hydrogen-bond acceptors (Lipinski definition) is 5. The number of fused-ring (bicyclic) bond motifs is 2. The molecule has 4 rings (SSSR count). The van der Waals surface area contributed by atoms with Crippen LogP contribution in [0.3, 0.4) is 0 Å². The number of H-pyrrole nitrogens is 1. The lowest BCUT2D eigenvalue weighted by Gasteiger charge is -2.14. The van der Waals surface area contributed by atoms with Gasteiger partial charge in [0.05, 0.1) is 10.9 Å². The first-order chi connectivity index (χ1) is 15.0. The lowest BCUT2D eigenvalue weighted by atomic mass is 10.1. The first-order valence-corrected chi connectivity index (χ1v) is 10.6. The Morgan fingerprint density at radius 1 is 1.16 bits per heavy atom. The van der Waals surface area contributed by atoms with Crippen LogP contribution in [-0.2, 0) is 33.6 Å². The van der Waals surface area contributed by atoms with Crippen LogP contribution in [0.2, 0.25) is 0 Å². The van der Waals surface area contributed by atoms with Gasteiger partial charge in [0.1, 0.15) is 5.82 Å². The van der Waals surface area contributed by atoms with Gasteiger partial charge in [-0.2, -0.15) is 0 Å². The van der Waals surface area contributed by atoms with Gasteiger partial charge in [0.15, 0.2) is 6.10 Å². The predicted molar refractivity (Wildman–Crippen MR) is 118 cm³/mol. The summed E-state index contributed by atoms with van der Waals surface area (Å²) in [5.41, 5.74) is 3.75. The van der Waals surface area contributed by atoms with Crippen LogP contribution in [0.4, 0.5) is 5.69 Å². The number of hydrogen-bond donors (Lipinski definition) is 2. The summed E-state index contributed by atoms with van der Waals surface area (Å²) in [5, 5.41) is 3.35. The Labute approximate surface area is 179 Å². The number of anilines is 1. The summed E-state index contributed by atoms with van der Waals surface area (Å²) in [6, 6.07) is 13.0. The van der Waals surface area contributed by atoms with Gasteiger partial charge in [-0.15, -0.1) is 0 Å². The number of aromatic nitrogens is 2. The number of para-hydroxylation sites is 1. The zero-order valence-electron chi connectivity index (χ0n) is 17.4. The highest BCUT2D eigenvalue weighted by Gasteiger charge is 2.19.